The Bertz CT molecular complexity index is 1900. The molecule has 4 heterocycles. The number of nitrogens with zero attached hydrogens (tertiary/aromatic N) is 3. The summed E-state index contributed by atoms with van der Waals surface area (Å²) in [5.74, 6) is -4.47. The van der Waals surface area contributed by atoms with Crippen LogP contribution < -0.4 is 26.0 Å². The molecule has 4 aliphatic heterocycles. The number of cyclic esters (lactones) is 1. The van der Waals surface area contributed by atoms with Crippen LogP contribution in [0.25, 0.3) is 0 Å². The summed E-state index contributed by atoms with van der Waals surface area (Å²) in [6, 6.07) is 5.26. The molecule has 6 rings (SSSR count). The zero-order valence-electron chi connectivity index (χ0n) is 32.7. The highest BCUT2D eigenvalue weighted by Gasteiger charge is 2.46. The van der Waals surface area contributed by atoms with Crippen LogP contribution in [0, 0.1) is 5.92 Å². The van der Waals surface area contributed by atoms with E-state index in [0.29, 0.717) is 31.2 Å². The normalized spacial score (nSPS) is 26.2. The highest BCUT2D eigenvalue weighted by molar-refractivity contribution is 5.98. The summed E-state index contributed by atoms with van der Waals surface area (Å²) in [4.78, 5) is 101. The van der Waals surface area contributed by atoms with Gasteiger partial charge in [0.1, 0.15) is 48.6 Å². The molecule has 7 atom stereocenters. The van der Waals surface area contributed by atoms with Crippen LogP contribution in [0.2, 0.25) is 0 Å². The standard InChI is InChI=1S/C40H48F3N7O9/c1-23-19-32-38(56)58-22-29(36(54)49-18-8-12-31(49)37(55)48-17-7-6-11-30(48)34(52)44-24(2)35(53)50(32)21-23)46-33(51)28(20-25-9-4-3-5-10-25)47-39(57)45-26-13-15-27(16-14-26)59-40(41,42)43/h3-5,9-10,13-16,23-24,28-32H,6-8,11-12,17-22H2,1-2H3,(H,44,52)(H,46,51)(H2,45,47,57)/t23-,24-,28-,29-,30-,31-,32-/m0/s1. The van der Waals surface area contributed by atoms with Crippen LogP contribution in [-0.2, 0) is 39.9 Å². The van der Waals surface area contributed by atoms with E-state index in [2.05, 4.69) is 26.0 Å². The summed E-state index contributed by atoms with van der Waals surface area (Å²) in [5, 5.41) is 10.4. The minimum atomic E-state index is -4.91. The molecule has 0 bridgehead atoms. The number of nitrogens with one attached hydrogen (secondary N) is 4. The second-order valence-corrected chi connectivity index (χ2v) is 15.4. The summed E-state index contributed by atoms with van der Waals surface area (Å²) in [5.41, 5.74) is 0.703. The molecule has 59 heavy (non-hydrogen) atoms. The van der Waals surface area contributed by atoms with Crippen LogP contribution in [-0.4, -0.2) is 125 Å². The molecule has 0 radical (unpaired) electrons. The molecular weight excluding hydrogens is 779 g/mol. The van der Waals surface area contributed by atoms with E-state index < -0.39 is 96.5 Å². The Morgan fingerprint density at radius 3 is 2.24 bits per heavy atom. The van der Waals surface area contributed by atoms with Gasteiger partial charge in [0, 0.05) is 31.7 Å². The van der Waals surface area contributed by atoms with E-state index >= 15 is 0 Å². The number of alkyl halides is 3. The number of rotatable bonds is 7. The number of hydrogen-bond donors (Lipinski definition) is 4. The lowest BCUT2D eigenvalue weighted by molar-refractivity contribution is -0.274. The molecule has 0 aliphatic carbocycles. The monoisotopic (exact) mass is 827 g/mol. The van der Waals surface area contributed by atoms with Gasteiger partial charge in [-0.1, -0.05) is 37.3 Å². The minimum Gasteiger partial charge on any atom is -0.461 e. The Morgan fingerprint density at radius 2 is 1.53 bits per heavy atom. The van der Waals surface area contributed by atoms with Crippen molar-refractivity contribution in [2.45, 2.75) is 101 Å². The molecule has 0 aromatic heterocycles. The molecule has 2 aromatic carbocycles. The maximum Gasteiger partial charge on any atom is 0.573 e. The molecule has 4 aliphatic rings. The summed E-state index contributed by atoms with van der Waals surface area (Å²) in [6.45, 7) is 3.33. The van der Waals surface area contributed by atoms with Crippen molar-refractivity contribution < 1.29 is 56.2 Å². The summed E-state index contributed by atoms with van der Waals surface area (Å²) in [6.07, 6.45) is -2.35. The van der Waals surface area contributed by atoms with Crippen LogP contribution in [0.4, 0.5) is 23.7 Å². The third-order valence-electron chi connectivity index (χ3n) is 11.0. The molecule has 4 saturated heterocycles. The van der Waals surface area contributed by atoms with E-state index in [1.54, 1.807) is 30.3 Å². The van der Waals surface area contributed by atoms with Crippen molar-refractivity contribution in [1.29, 1.82) is 0 Å². The van der Waals surface area contributed by atoms with Gasteiger partial charge in [0.05, 0.1) is 0 Å². The van der Waals surface area contributed by atoms with E-state index in [0.717, 1.165) is 12.1 Å². The van der Waals surface area contributed by atoms with Gasteiger partial charge in [-0.25, -0.2) is 9.59 Å². The first-order valence-corrected chi connectivity index (χ1v) is 19.7. The first-order valence-electron chi connectivity index (χ1n) is 19.7. The van der Waals surface area contributed by atoms with E-state index in [4.69, 9.17) is 4.74 Å². The Balaban J connectivity index is 1.27. The predicted molar refractivity (Wildman–Crippen MR) is 203 cm³/mol. The van der Waals surface area contributed by atoms with E-state index in [-0.39, 0.29) is 50.5 Å². The first kappa shape index (κ1) is 42.7. The summed E-state index contributed by atoms with van der Waals surface area (Å²) < 4.78 is 47.5. The number of urea groups is 1. The number of carbonyl (C=O) groups is 7. The fraction of sp³-hybridized carbons (Fsp3) is 0.525. The molecule has 7 amide bonds. The largest absolute Gasteiger partial charge is 0.573 e. The fourth-order valence-corrected chi connectivity index (χ4v) is 8.11. The van der Waals surface area contributed by atoms with Crippen molar-refractivity contribution in [2.75, 3.05) is 31.6 Å². The number of esters is 1. The van der Waals surface area contributed by atoms with Crippen LogP contribution in [0.1, 0.15) is 57.9 Å². The molecule has 0 saturated carbocycles. The lowest BCUT2D eigenvalue weighted by Gasteiger charge is -2.39. The fourth-order valence-electron chi connectivity index (χ4n) is 8.11. The van der Waals surface area contributed by atoms with Crippen LogP contribution >= 0.6 is 0 Å². The number of fused-ring (bicyclic) bond motifs is 3. The van der Waals surface area contributed by atoms with Crippen molar-refractivity contribution in [3.8, 4) is 5.75 Å². The average molecular weight is 828 g/mol. The molecule has 4 N–H and O–H groups in total. The number of amides is 7. The number of hydrogen-bond acceptors (Lipinski definition) is 9. The third-order valence-corrected chi connectivity index (χ3v) is 11.0. The van der Waals surface area contributed by atoms with Gasteiger partial charge >= 0.3 is 18.4 Å². The molecule has 318 valence electrons. The van der Waals surface area contributed by atoms with Crippen molar-refractivity contribution >= 4 is 47.2 Å². The van der Waals surface area contributed by atoms with E-state index in [9.17, 15) is 46.7 Å². The molecular formula is C40H48F3N7O9. The Morgan fingerprint density at radius 1 is 0.847 bits per heavy atom. The number of piperidine rings is 1. The second-order valence-electron chi connectivity index (χ2n) is 15.4. The first-order chi connectivity index (χ1) is 28.1. The van der Waals surface area contributed by atoms with Gasteiger partial charge in [-0.15, -0.1) is 13.2 Å². The summed E-state index contributed by atoms with van der Waals surface area (Å²) >= 11 is 0. The zero-order chi connectivity index (χ0) is 42.4. The Kier molecular flexibility index (Phi) is 13.3. The number of benzene rings is 2. The van der Waals surface area contributed by atoms with Crippen LogP contribution in [0.5, 0.6) is 5.75 Å². The minimum absolute atomic E-state index is 0.0718. The number of halogens is 3. The van der Waals surface area contributed by atoms with Crippen molar-refractivity contribution in [3.63, 3.8) is 0 Å². The van der Waals surface area contributed by atoms with Crippen LogP contribution in [0.3, 0.4) is 0 Å². The zero-order valence-corrected chi connectivity index (χ0v) is 32.7. The number of ether oxygens (including phenoxy) is 2. The molecule has 0 spiro atoms. The molecule has 0 unspecified atom stereocenters. The maximum atomic E-state index is 14.5. The maximum absolute atomic E-state index is 14.5. The number of anilines is 1. The Labute approximate surface area is 338 Å². The SMILES string of the molecule is C[C@H]1C[C@H]2C(=O)OC[C@H](NC(=O)[C@H](Cc3ccccc3)NC(=O)Nc3ccc(OC(F)(F)F)cc3)C(=O)N3CCC[C@H]3C(=O)N3CCCC[C@H]3C(=O)N[C@@H](C)C(=O)N2C1. The van der Waals surface area contributed by atoms with Crippen molar-refractivity contribution in [3.05, 3.63) is 60.2 Å². The molecule has 19 heteroatoms. The molecule has 16 nitrogen and oxygen atoms in total. The predicted octanol–water partition coefficient (Wildman–Crippen LogP) is 2.47. The number of carbonyl (C=O) groups excluding carboxylic acids is 7. The van der Waals surface area contributed by atoms with Crippen molar-refractivity contribution in [2.24, 2.45) is 5.92 Å². The van der Waals surface area contributed by atoms with Gasteiger partial charge in [-0.3, -0.25) is 24.0 Å². The quantitative estimate of drug-likeness (QED) is 0.304. The van der Waals surface area contributed by atoms with E-state index in [1.165, 1.54) is 33.8 Å². The van der Waals surface area contributed by atoms with E-state index in [1.807, 2.05) is 6.92 Å². The third kappa shape index (κ3) is 10.6. The topological polar surface area (TPSA) is 196 Å². The summed E-state index contributed by atoms with van der Waals surface area (Å²) in [7, 11) is 0. The molecule has 4 fully saturated rings. The second kappa shape index (κ2) is 18.4. The smallest absolute Gasteiger partial charge is 0.461 e. The Hall–Kier alpha value is -5.88. The van der Waals surface area contributed by atoms with Crippen LogP contribution in [0.15, 0.2) is 54.6 Å². The van der Waals surface area contributed by atoms with Gasteiger partial charge in [0.2, 0.25) is 29.5 Å². The highest BCUT2D eigenvalue weighted by Crippen LogP contribution is 2.28. The van der Waals surface area contributed by atoms with Gasteiger partial charge in [0.25, 0.3) is 0 Å². The lowest BCUT2D eigenvalue weighted by Crippen LogP contribution is -2.62. The van der Waals surface area contributed by atoms with Gasteiger partial charge in [-0.05, 0) is 81.2 Å². The molecule has 2 aromatic rings. The highest BCUT2D eigenvalue weighted by atomic mass is 19.4. The van der Waals surface area contributed by atoms with Gasteiger partial charge in [0.15, 0.2) is 0 Å². The van der Waals surface area contributed by atoms with Gasteiger partial charge < -0.3 is 45.4 Å². The van der Waals surface area contributed by atoms with Crippen molar-refractivity contribution in [1.82, 2.24) is 30.7 Å². The van der Waals surface area contributed by atoms with Gasteiger partial charge in [-0.2, -0.15) is 0 Å². The average Bonchev–Trinajstić information content (AvgIpc) is 3.86. The lowest BCUT2D eigenvalue weighted by atomic mass is 9.99.